The van der Waals surface area contributed by atoms with Gasteiger partial charge in [0.25, 0.3) is 0 Å². The average Bonchev–Trinajstić information content (AvgIpc) is 2.61. The second kappa shape index (κ2) is 6.67. The quantitative estimate of drug-likeness (QED) is 0.692. The maximum Gasteiger partial charge on any atom is 0.157 e. The summed E-state index contributed by atoms with van der Waals surface area (Å²) in [6.07, 6.45) is 4.15. The van der Waals surface area contributed by atoms with E-state index in [9.17, 15) is 15.3 Å². The van der Waals surface area contributed by atoms with Gasteiger partial charge >= 0.3 is 0 Å². The van der Waals surface area contributed by atoms with Gasteiger partial charge < -0.3 is 15.3 Å². The Labute approximate surface area is 158 Å². The molecule has 0 saturated heterocycles. The predicted molar refractivity (Wildman–Crippen MR) is 102 cm³/mol. The summed E-state index contributed by atoms with van der Waals surface area (Å²) in [5.74, 6) is 0.0548. The third-order valence-corrected chi connectivity index (χ3v) is 6.15. The molecule has 4 rings (SSSR count). The van der Waals surface area contributed by atoms with E-state index in [-0.39, 0.29) is 23.2 Å². The van der Waals surface area contributed by atoms with Crippen LogP contribution in [0.3, 0.4) is 0 Å². The van der Waals surface area contributed by atoms with Crippen molar-refractivity contribution in [3.63, 3.8) is 0 Å². The molecule has 0 saturated carbocycles. The maximum absolute atomic E-state index is 10.1. The molecule has 4 nitrogen and oxygen atoms in total. The van der Waals surface area contributed by atoms with Gasteiger partial charge in [-0.1, -0.05) is 24.9 Å². The average molecular weight is 374 g/mol. The summed E-state index contributed by atoms with van der Waals surface area (Å²) in [5.41, 5.74) is 4.34. The number of aryl methyl sites for hydroxylation is 1. The Kier molecular flexibility index (Phi) is 4.49. The van der Waals surface area contributed by atoms with Crippen LogP contribution in [0.25, 0.3) is 0 Å². The Hall–Kier alpha value is -1.91. The zero-order chi connectivity index (χ0) is 18.4. The number of benzene rings is 2. The number of unbranched alkanes of at least 4 members (excludes halogenated alkanes) is 1. The van der Waals surface area contributed by atoms with E-state index in [1.54, 1.807) is 18.2 Å². The molecule has 0 fully saturated rings. The van der Waals surface area contributed by atoms with Crippen molar-refractivity contribution >= 4 is 11.6 Å². The number of fused-ring (bicyclic) bond motifs is 5. The van der Waals surface area contributed by atoms with E-state index in [0.29, 0.717) is 11.1 Å². The first kappa shape index (κ1) is 17.5. The van der Waals surface area contributed by atoms with Crippen molar-refractivity contribution in [3.05, 3.63) is 51.5 Å². The topological polar surface area (TPSA) is 63.9 Å². The van der Waals surface area contributed by atoms with Crippen LogP contribution in [-0.2, 0) is 13.0 Å². The fourth-order valence-corrected chi connectivity index (χ4v) is 4.75. The van der Waals surface area contributed by atoms with Crippen molar-refractivity contribution in [2.75, 3.05) is 6.54 Å². The van der Waals surface area contributed by atoms with Gasteiger partial charge in [-0.3, -0.25) is 4.90 Å². The van der Waals surface area contributed by atoms with Crippen molar-refractivity contribution < 1.29 is 15.3 Å². The van der Waals surface area contributed by atoms with Crippen molar-refractivity contribution in [2.45, 2.75) is 51.1 Å². The Bertz CT molecular complexity index is 852. The lowest BCUT2D eigenvalue weighted by Gasteiger charge is -2.46. The van der Waals surface area contributed by atoms with Gasteiger partial charge in [-0.25, -0.2) is 0 Å². The maximum atomic E-state index is 10.1. The largest absolute Gasteiger partial charge is 0.506 e. The minimum absolute atomic E-state index is 0.0650. The Morgan fingerprint density at radius 3 is 2.46 bits per heavy atom. The first-order valence-corrected chi connectivity index (χ1v) is 9.67. The summed E-state index contributed by atoms with van der Waals surface area (Å²) in [5, 5.41) is 30.4. The number of hydrogen-bond donors (Lipinski definition) is 3. The summed E-state index contributed by atoms with van der Waals surface area (Å²) in [7, 11) is 0. The zero-order valence-corrected chi connectivity index (χ0v) is 15.6. The molecule has 0 aromatic heterocycles. The van der Waals surface area contributed by atoms with E-state index < -0.39 is 0 Å². The van der Waals surface area contributed by atoms with Gasteiger partial charge in [0, 0.05) is 18.5 Å². The molecule has 0 unspecified atom stereocenters. The number of halogens is 1. The third kappa shape index (κ3) is 2.81. The number of rotatable bonds is 3. The van der Waals surface area contributed by atoms with Crippen LogP contribution in [0.2, 0.25) is 5.02 Å². The molecule has 1 heterocycles. The number of hydrogen-bond acceptors (Lipinski definition) is 4. The van der Waals surface area contributed by atoms with Crippen molar-refractivity contribution in [3.8, 4) is 17.2 Å². The van der Waals surface area contributed by atoms with Crippen molar-refractivity contribution in [1.82, 2.24) is 4.90 Å². The van der Waals surface area contributed by atoms with E-state index in [2.05, 4.69) is 11.8 Å². The highest BCUT2D eigenvalue weighted by molar-refractivity contribution is 6.32. The van der Waals surface area contributed by atoms with Gasteiger partial charge in [-0.05, 0) is 72.3 Å². The lowest BCUT2D eigenvalue weighted by molar-refractivity contribution is 0.139. The molecule has 2 aromatic rings. The highest BCUT2D eigenvalue weighted by Crippen LogP contribution is 2.48. The molecule has 26 heavy (non-hydrogen) atoms. The summed E-state index contributed by atoms with van der Waals surface area (Å²) < 4.78 is 0. The van der Waals surface area contributed by atoms with Crippen LogP contribution in [0.4, 0.5) is 0 Å². The monoisotopic (exact) mass is 373 g/mol. The molecule has 3 N–H and O–H groups in total. The number of phenolic OH excluding ortho intramolecular Hbond substituents is 3. The van der Waals surface area contributed by atoms with Crippen LogP contribution >= 0.6 is 11.6 Å². The molecule has 1 aliphatic carbocycles. The van der Waals surface area contributed by atoms with E-state index in [4.69, 9.17) is 11.6 Å². The Morgan fingerprint density at radius 1 is 1.00 bits per heavy atom. The van der Waals surface area contributed by atoms with Crippen LogP contribution < -0.4 is 0 Å². The molecule has 0 radical (unpaired) electrons. The standard InChI is InChI=1S/C21H24ClNO3/c1-2-3-6-23-11-13-8-18(24)16(22)9-14(13)21-15-10-20(26)19(25)7-12(15)4-5-17(21)23/h7-10,17,21,24-26H,2-6,11H2,1H3/t17-,21-/m0/s1. The van der Waals surface area contributed by atoms with Gasteiger partial charge in [0.1, 0.15) is 5.75 Å². The third-order valence-electron chi connectivity index (χ3n) is 5.85. The summed E-state index contributed by atoms with van der Waals surface area (Å²) >= 11 is 6.23. The van der Waals surface area contributed by atoms with E-state index >= 15 is 0 Å². The number of aromatic hydroxyl groups is 3. The molecule has 138 valence electrons. The molecule has 2 atom stereocenters. The smallest absolute Gasteiger partial charge is 0.157 e. The fraction of sp³-hybridized carbons (Fsp3) is 0.429. The van der Waals surface area contributed by atoms with Gasteiger partial charge in [0.2, 0.25) is 0 Å². The van der Waals surface area contributed by atoms with E-state index in [1.807, 2.05) is 6.07 Å². The van der Waals surface area contributed by atoms with E-state index in [0.717, 1.165) is 61.0 Å². The van der Waals surface area contributed by atoms with Gasteiger partial charge in [0.05, 0.1) is 5.02 Å². The first-order chi connectivity index (χ1) is 12.5. The predicted octanol–water partition coefficient (Wildman–Crippen LogP) is 4.52. The number of nitrogens with zero attached hydrogens (tertiary/aromatic N) is 1. The summed E-state index contributed by atoms with van der Waals surface area (Å²) in [6, 6.07) is 7.38. The molecule has 2 aliphatic rings. The van der Waals surface area contributed by atoms with Crippen molar-refractivity contribution in [2.24, 2.45) is 0 Å². The summed E-state index contributed by atoms with van der Waals surface area (Å²) in [4.78, 5) is 2.50. The molecule has 5 heteroatoms. The molecular formula is C21H24ClNO3. The van der Waals surface area contributed by atoms with Crippen LogP contribution in [-0.4, -0.2) is 32.8 Å². The number of phenols is 3. The van der Waals surface area contributed by atoms with Gasteiger partial charge in [-0.15, -0.1) is 0 Å². The summed E-state index contributed by atoms with van der Waals surface area (Å²) in [6.45, 7) is 4.01. The van der Waals surface area contributed by atoms with Crippen molar-refractivity contribution in [1.29, 1.82) is 0 Å². The second-order valence-corrected chi connectivity index (χ2v) is 7.86. The zero-order valence-electron chi connectivity index (χ0n) is 14.9. The first-order valence-electron chi connectivity index (χ1n) is 9.29. The molecule has 0 spiro atoms. The van der Waals surface area contributed by atoms with Gasteiger partial charge in [0.15, 0.2) is 11.5 Å². The molecule has 1 aliphatic heterocycles. The van der Waals surface area contributed by atoms with Crippen LogP contribution in [0.15, 0.2) is 24.3 Å². The lowest BCUT2D eigenvalue weighted by atomic mass is 9.71. The normalized spacial score (nSPS) is 21.8. The highest BCUT2D eigenvalue weighted by Gasteiger charge is 2.40. The van der Waals surface area contributed by atoms with E-state index in [1.165, 1.54) is 0 Å². The SMILES string of the molecule is CCCCN1Cc2cc(O)c(Cl)cc2[C@H]2c3cc(O)c(O)cc3CC[C@@H]21. The fourth-order valence-electron chi connectivity index (χ4n) is 4.58. The van der Waals surface area contributed by atoms with Crippen LogP contribution in [0.1, 0.15) is 54.4 Å². The lowest BCUT2D eigenvalue weighted by Crippen LogP contribution is -2.46. The second-order valence-electron chi connectivity index (χ2n) is 7.45. The minimum Gasteiger partial charge on any atom is -0.506 e. The molecule has 0 bridgehead atoms. The highest BCUT2D eigenvalue weighted by atomic mass is 35.5. The molecule has 2 aromatic carbocycles. The molecular weight excluding hydrogens is 350 g/mol. The van der Waals surface area contributed by atoms with Gasteiger partial charge in [-0.2, -0.15) is 0 Å². The Morgan fingerprint density at radius 2 is 1.69 bits per heavy atom. The van der Waals surface area contributed by atoms with Crippen LogP contribution in [0, 0.1) is 0 Å². The molecule has 0 amide bonds. The van der Waals surface area contributed by atoms with Crippen LogP contribution in [0.5, 0.6) is 17.2 Å². The minimum atomic E-state index is -0.0819. The Balaban J connectivity index is 1.87.